The number of nitrogens with one attached hydrogen (secondary N) is 1. The monoisotopic (exact) mass is 256 g/mol. The molecule has 18 heavy (non-hydrogen) atoms. The molecule has 0 saturated heterocycles. The van der Waals surface area contributed by atoms with E-state index in [0.717, 1.165) is 10.9 Å². The summed E-state index contributed by atoms with van der Waals surface area (Å²) in [6, 6.07) is 14.9. The Kier molecular flexibility index (Phi) is 2.61. The van der Waals surface area contributed by atoms with Crippen molar-refractivity contribution in [3.05, 3.63) is 64.0 Å². The summed E-state index contributed by atoms with van der Waals surface area (Å²) >= 11 is 5.79. The molecule has 0 saturated carbocycles. The zero-order chi connectivity index (χ0) is 12.5. The van der Waals surface area contributed by atoms with Crippen molar-refractivity contribution in [2.45, 2.75) is 0 Å². The van der Waals surface area contributed by atoms with Crippen LogP contribution in [0.3, 0.4) is 0 Å². The Morgan fingerprint density at radius 3 is 2.61 bits per heavy atom. The molecule has 88 valence electrons. The lowest BCUT2D eigenvalue weighted by atomic mass is 10.1. The first-order chi connectivity index (χ1) is 8.74. The van der Waals surface area contributed by atoms with Crippen LogP contribution in [-0.2, 0) is 0 Å². The van der Waals surface area contributed by atoms with Gasteiger partial charge in [0.1, 0.15) is 10.8 Å². The SMILES string of the molecule is O=c1[nH]c2nc(Cl)ccc2cc1-c1ccccc1. The lowest BCUT2D eigenvalue weighted by molar-refractivity contribution is 1.23. The van der Waals surface area contributed by atoms with Gasteiger partial charge in [-0.2, -0.15) is 0 Å². The van der Waals surface area contributed by atoms with E-state index in [4.69, 9.17) is 11.6 Å². The van der Waals surface area contributed by atoms with Crippen molar-refractivity contribution in [2.75, 3.05) is 0 Å². The first-order valence-electron chi connectivity index (χ1n) is 5.49. The van der Waals surface area contributed by atoms with Crippen molar-refractivity contribution in [3.63, 3.8) is 0 Å². The number of benzene rings is 1. The van der Waals surface area contributed by atoms with Crippen LogP contribution in [-0.4, -0.2) is 9.97 Å². The third-order valence-corrected chi connectivity index (χ3v) is 2.96. The van der Waals surface area contributed by atoms with Gasteiger partial charge in [-0.3, -0.25) is 4.79 Å². The topological polar surface area (TPSA) is 45.8 Å². The van der Waals surface area contributed by atoms with E-state index in [1.54, 1.807) is 6.07 Å². The maximum atomic E-state index is 12.0. The Labute approximate surface area is 108 Å². The van der Waals surface area contributed by atoms with Crippen LogP contribution in [0.15, 0.2) is 53.3 Å². The van der Waals surface area contributed by atoms with Crippen LogP contribution in [0, 0.1) is 0 Å². The molecule has 3 nitrogen and oxygen atoms in total. The fraction of sp³-hybridized carbons (Fsp3) is 0. The first kappa shape index (κ1) is 11.0. The number of aromatic amines is 1. The zero-order valence-electron chi connectivity index (χ0n) is 9.35. The van der Waals surface area contributed by atoms with Crippen LogP contribution in [0.25, 0.3) is 22.2 Å². The molecule has 0 spiro atoms. The number of pyridine rings is 2. The Hall–Kier alpha value is -2.13. The molecule has 1 aromatic carbocycles. The van der Waals surface area contributed by atoms with E-state index in [-0.39, 0.29) is 5.56 Å². The fourth-order valence-corrected chi connectivity index (χ4v) is 2.04. The molecule has 4 heteroatoms. The molecule has 0 aliphatic heterocycles. The number of H-pyrrole nitrogens is 1. The van der Waals surface area contributed by atoms with Gasteiger partial charge < -0.3 is 4.98 Å². The lowest BCUT2D eigenvalue weighted by Gasteiger charge is -2.03. The quantitative estimate of drug-likeness (QED) is 0.680. The highest BCUT2D eigenvalue weighted by molar-refractivity contribution is 6.29. The molecule has 0 aliphatic rings. The summed E-state index contributed by atoms with van der Waals surface area (Å²) in [5.41, 5.74) is 1.86. The van der Waals surface area contributed by atoms with Gasteiger partial charge in [0.2, 0.25) is 0 Å². The molecule has 2 heterocycles. The molecule has 3 aromatic rings. The number of hydrogen-bond donors (Lipinski definition) is 1. The summed E-state index contributed by atoms with van der Waals surface area (Å²) < 4.78 is 0. The zero-order valence-corrected chi connectivity index (χ0v) is 10.1. The Morgan fingerprint density at radius 2 is 1.83 bits per heavy atom. The van der Waals surface area contributed by atoms with E-state index in [0.29, 0.717) is 16.4 Å². The van der Waals surface area contributed by atoms with Gasteiger partial charge in [0.25, 0.3) is 5.56 Å². The third-order valence-electron chi connectivity index (χ3n) is 2.75. The summed E-state index contributed by atoms with van der Waals surface area (Å²) in [6.07, 6.45) is 0. The van der Waals surface area contributed by atoms with Gasteiger partial charge in [0.15, 0.2) is 0 Å². The summed E-state index contributed by atoms with van der Waals surface area (Å²) in [5.74, 6) is 0. The van der Waals surface area contributed by atoms with Crippen molar-refractivity contribution >= 4 is 22.6 Å². The second kappa shape index (κ2) is 4.27. The van der Waals surface area contributed by atoms with Gasteiger partial charge in [0.05, 0.1) is 0 Å². The van der Waals surface area contributed by atoms with Gasteiger partial charge in [0, 0.05) is 10.9 Å². The van der Waals surface area contributed by atoms with Crippen molar-refractivity contribution in [3.8, 4) is 11.1 Å². The second-order valence-corrected chi connectivity index (χ2v) is 4.34. The highest BCUT2D eigenvalue weighted by Crippen LogP contribution is 2.19. The minimum absolute atomic E-state index is 0.163. The first-order valence-corrected chi connectivity index (χ1v) is 5.87. The largest absolute Gasteiger partial charge is 0.306 e. The van der Waals surface area contributed by atoms with Crippen molar-refractivity contribution in [1.29, 1.82) is 0 Å². The van der Waals surface area contributed by atoms with Gasteiger partial charge >= 0.3 is 0 Å². The van der Waals surface area contributed by atoms with Gasteiger partial charge in [-0.05, 0) is 23.8 Å². The summed E-state index contributed by atoms with van der Waals surface area (Å²) in [4.78, 5) is 18.8. The number of rotatable bonds is 1. The smallest absolute Gasteiger partial charge is 0.257 e. The van der Waals surface area contributed by atoms with E-state index < -0.39 is 0 Å². The summed E-state index contributed by atoms with van der Waals surface area (Å²) in [7, 11) is 0. The minimum Gasteiger partial charge on any atom is -0.306 e. The third kappa shape index (κ3) is 1.89. The Balaban J connectivity index is 2.29. The van der Waals surface area contributed by atoms with E-state index in [1.807, 2.05) is 42.5 Å². The Bertz CT molecular complexity index is 766. The van der Waals surface area contributed by atoms with Crippen LogP contribution in [0.5, 0.6) is 0 Å². The molecule has 0 radical (unpaired) electrons. The predicted molar refractivity (Wildman–Crippen MR) is 72.8 cm³/mol. The van der Waals surface area contributed by atoms with Crippen molar-refractivity contribution in [1.82, 2.24) is 9.97 Å². The summed E-state index contributed by atoms with van der Waals surface area (Å²) in [6.45, 7) is 0. The molecular weight excluding hydrogens is 248 g/mol. The van der Waals surface area contributed by atoms with Crippen LogP contribution in [0.4, 0.5) is 0 Å². The van der Waals surface area contributed by atoms with Gasteiger partial charge in [-0.1, -0.05) is 41.9 Å². The molecule has 0 atom stereocenters. The van der Waals surface area contributed by atoms with Crippen LogP contribution in [0.2, 0.25) is 5.15 Å². The maximum Gasteiger partial charge on any atom is 0.257 e. The molecule has 0 unspecified atom stereocenters. The highest BCUT2D eigenvalue weighted by Gasteiger charge is 2.06. The summed E-state index contributed by atoms with van der Waals surface area (Å²) in [5, 5.41) is 1.23. The molecule has 1 N–H and O–H groups in total. The van der Waals surface area contributed by atoms with E-state index in [1.165, 1.54) is 0 Å². The molecule has 0 fully saturated rings. The number of hydrogen-bond acceptors (Lipinski definition) is 2. The minimum atomic E-state index is -0.163. The standard InChI is InChI=1S/C14H9ClN2O/c15-12-7-6-10-8-11(9-4-2-1-3-5-9)14(18)17-13(10)16-12/h1-8H,(H,16,17,18). The van der Waals surface area contributed by atoms with Crippen molar-refractivity contribution in [2.24, 2.45) is 0 Å². The molecular formula is C14H9ClN2O. The lowest BCUT2D eigenvalue weighted by Crippen LogP contribution is -2.09. The van der Waals surface area contributed by atoms with Gasteiger partial charge in [-0.25, -0.2) is 4.98 Å². The van der Waals surface area contributed by atoms with Gasteiger partial charge in [-0.15, -0.1) is 0 Å². The molecule has 0 bridgehead atoms. The predicted octanol–water partition coefficient (Wildman–Crippen LogP) is 3.24. The Morgan fingerprint density at radius 1 is 1.06 bits per heavy atom. The van der Waals surface area contributed by atoms with E-state index in [2.05, 4.69) is 9.97 Å². The number of aromatic nitrogens is 2. The molecule has 0 aliphatic carbocycles. The highest BCUT2D eigenvalue weighted by atomic mass is 35.5. The van der Waals surface area contributed by atoms with E-state index in [9.17, 15) is 4.79 Å². The average Bonchev–Trinajstić information content (AvgIpc) is 2.39. The number of halogens is 1. The van der Waals surface area contributed by atoms with Crippen LogP contribution in [0.1, 0.15) is 0 Å². The van der Waals surface area contributed by atoms with Crippen molar-refractivity contribution < 1.29 is 0 Å². The number of fused-ring (bicyclic) bond motifs is 1. The number of nitrogens with zero attached hydrogens (tertiary/aromatic N) is 1. The maximum absolute atomic E-state index is 12.0. The second-order valence-electron chi connectivity index (χ2n) is 3.95. The molecule has 0 amide bonds. The molecule has 3 rings (SSSR count). The fourth-order valence-electron chi connectivity index (χ4n) is 1.89. The normalized spacial score (nSPS) is 10.7. The molecule has 2 aromatic heterocycles. The van der Waals surface area contributed by atoms with Crippen LogP contribution >= 0.6 is 11.6 Å². The average molecular weight is 257 g/mol. The van der Waals surface area contributed by atoms with Crippen LogP contribution < -0.4 is 5.56 Å². The van der Waals surface area contributed by atoms with E-state index >= 15 is 0 Å².